The Labute approximate surface area is 83.8 Å². The lowest BCUT2D eigenvalue weighted by molar-refractivity contribution is 0.315. The Hall–Kier alpha value is -0.460. The molecule has 1 saturated heterocycles. The fourth-order valence-corrected chi connectivity index (χ4v) is 1.71. The Balaban J connectivity index is 0.000000671. The summed E-state index contributed by atoms with van der Waals surface area (Å²) >= 11 is 0. The summed E-state index contributed by atoms with van der Waals surface area (Å²) in [6, 6.07) is 0. The van der Waals surface area contributed by atoms with Gasteiger partial charge >= 0.3 is 0 Å². The quantitative estimate of drug-likeness (QED) is 0.554. The van der Waals surface area contributed by atoms with Crippen LogP contribution in [0.25, 0.3) is 0 Å². The molecule has 1 aliphatic heterocycles. The molecule has 0 unspecified atom stereocenters. The van der Waals surface area contributed by atoms with E-state index < -0.39 is 0 Å². The normalized spacial score (nSPS) is 21.6. The van der Waals surface area contributed by atoms with E-state index >= 15 is 0 Å². The van der Waals surface area contributed by atoms with E-state index in [4.69, 9.17) is 0 Å². The van der Waals surface area contributed by atoms with Gasteiger partial charge in [0.2, 0.25) is 0 Å². The number of likely N-dealkylation sites (tertiary alicyclic amines) is 1. The Kier molecular flexibility index (Phi) is 5.12. The van der Waals surface area contributed by atoms with Crippen LogP contribution in [-0.2, 0) is 0 Å². The molecule has 0 saturated carbocycles. The zero-order valence-electron chi connectivity index (χ0n) is 9.98. The summed E-state index contributed by atoms with van der Waals surface area (Å²) < 4.78 is 0. The maximum Gasteiger partial charge on any atom is 0.0171 e. The minimum absolute atomic E-state index is 0.325. The van der Waals surface area contributed by atoms with E-state index in [0.29, 0.717) is 5.41 Å². The van der Waals surface area contributed by atoms with Gasteiger partial charge in [0.05, 0.1) is 0 Å². The maximum absolute atomic E-state index is 4.13. The van der Waals surface area contributed by atoms with E-state index in [1.807, 2.05) is 13.8 Å². The van der Waals surface area contributed by atoms with Crippen LogP contribution < -0.4 is 0 Å². The van der Waals surface area contributed by atoms with Crippen LogP contribution >= 0.6 is 0 Å². The zero-order chi connectivity index (χ0) is 10.5. The van der Waals surface area contributed by atoms with Crippen molar-refractivity contribution in [3.8, 4) is 0 Å². The third kappa shape index (κ3) is 3.41. The molecule has 1 heteroatoms. The second-order valence-electron chi connectivity index (χ2n) is 4.21. The minimum Gasteiger partial charge on any atom is -0.378 e. The molecular weight excluding hydrogens is 158 g/mol. The van der Waals surface area contributed by atoms with Crippen LogP contribution in [0.1, 0.15) is 47.0 Å². The number of hydrogen-bond donors (Lipinski definition) is 0. The second kappa shape index (κ2) is 5.31. The monoisotopic (exact) mass is 183 g/mol. The first-order valence-electron chi connectivity index (χ1n) is 5.44. The standard InChI is InChI=1S/C10H19N.C2H6/c1-9-10(2,3)7-5-6-8-11(9)4;1-2/h1,5-8H2,2-4H3;1-2H3. The lowest BCUT2D eigenvalue weighted by atomic mass is 9.85. The molecule has 0 aromatic rings. The van der Waals surface area contributed by atoms with Crippen molar-refractivity contribution in [3.63, 3.8) is 0 Å². The van der Waals surface area contributed by atoms with Crippen molar-refractivity contribution in [2.75, 3.05) is 13.6 Å². The third-order valence-electron chi connectivity index (χ3n) is 2.79. The van der Waals surface area contributed by atoms with Crippen LogP contribution in [0.3, 0.4) is 0 Å². The molecule has 78 valence electrons. The van der Waals surface area contributed by atoms with Gasteiger partial charge in [0, 0.05) is 24.7 Å². The van der Waals surface area contributed by atoms with Crippen molar-refractivity contribution < 1.29 is 0 Å². The van der Waals surface area contributed by atoms with E-state index in [9.17, 15) is 0 Å². The van der Waals surface area contributed by atoms with Gasteiger partial charge in [-0.3, -0.25) is 0 Å². The zero-order valence-corrected chi connectivity index (χ0v) is 9.98. The lowest BCUT2D eigenvalue weighted by Crippen LogP contribution is -2.25. The van der Waals surface area contributed by atoms with Gasteiger partial charge in [0.15, 0.2) is 0 Å². The predicted octanol–water partition coefficient (Wildman–Crippen LogP) is 3.67. The fourth-order valence-electron chi connectivity index (χ4n) is 1.71. The third-order valence-corrected chi connectivity index (χ3v) is 2.79. The van der Waals surface area contributed by atoms with E-state index in [-0.39, 0.29) is 0 Å². The first-order chi connectivity index (χ1) is 6.04. The van der Waals surface area contributed by atoms with Crippen molar-refractivity contribution in [2.24, 2.45) is 5.41 Å². The molecular formula is C12H25N. The molecule has 0 atom stereocenters. The number of hydrogen-bond acceptors (Lipinski definition) is 1. The van der Waals surface area contributed by atoms with E-state index in [1.54, 1.807) is 0 Å². The van der Waals surface area contributed by atoms with E-state index in [1.165, 1.54) is 31.5 Å². The van der Waals surface area contributed by atoms with Crippen molar-refractivity contribution in [1.82, 2.24) is 4.90 Å². The molecule has 0 aromatic heterocycles. The molecule has 1 fully saturated rings. The largest absolute Gasteiger partial charge is 0.378 e. The molecule has 1 rings (SSSR count). The van der Waals surface area contributed by atoms with E-state index in [2.05, 4.69) is 32.4 Å². The summed E-state index contributed by atoms with van der Waals surface area (Å²) in [6.07, 6.45) is 3.95. The molecule has 0 radical (unpaired) electrons. The number of nitrogens with zero attached hydrogens (tertiary/aromatic N) is 1. The van der Waals surface area contributed by atoms with Crippen LogP contribution in [0.15, 0.2) is 12.3 Å². The van der Waals surface area contributed by atoms with Gasteiger partial charge in [-0.25, -0.2) is 0 Å². The lowest BCUT2D eigenvalue weighted by Gasteiger charge is -2.31. The molecule has 1 nitrogen and oxygen atoms in total. The van der Waals surface area contributed by atoms with Gasteiger partial charge in [-0.2, -0.15) is 0 Å². The van der Waals surface area contributed by atoms with Crippen molar-refractivity contribution in [3.05, 3.63) is 12.3 Å². The SMILES string of the molecule is C=C1N(C)CCCCC1(C)C.CC. The average Bonchev–Trinajstić information content (AvgIpc) is 2.23. The highest BCUT2D eigenvalue weighted by Crippen LogP contribution is 2.35. The minimum atomic E-state index is 0.325. The van der Waals surface area contributed by atoms with Gasteiger partial charge in [0.1, 0.15) is 0 Å². The van der Waals surface area contributed by atoms with Crippen molar-refractivity contribution in [2.45, 2.75) is 47.0 Å². The Bertz CT molecular complexity index is 159. The topological polar surface area (TPSA) is 3.24 Å². The molecule has 0 amide bonds. The molecule has 1 heterocycles. The Morgan fingerprint density at radius 3 is 2.31 bits per heavy atom. The van der Waals surface area contributed by atoms with Crippen molar-refractivity contribution >= 4 is 0 Å². The summed E-state index contributed by atoms with van der Waals surface area (Å²) in [5, 5.41) is 0. The van der Waals surface area contributed by atoms with Crippen LogP contribution in [0.5, 0.6) is 0 Å². The first kappa shape index (κ1) is 12.5. The molecule has 13 heavy (non-hydrogen) atoms. The highest BCUT2D eigenvalue weighted by atomic mass is 15.1. The molecule has 0 aliphatic carbocycles. The molecule has 0 spiro atoms. The maximum atomic E-state index is 4.13. The van der Waals surface area contributed by atoms with Gasteiger partial charge < -0.3 is 4.90 Å². The summed E-state index contributed by atoms with van der Waals surface area (Å²) in [7, 11) is 2.15. The Morgan fingerprint density at radius 1 is 1.23 bits per heavy atom. The summed E-state index contributed by atoms with van der Waals surface area (Å²) in [4.78, 5) is 2.30. The van der Waals surface area contributed by atoms with Crippen LogP contribution in [0.4, 0.5) is 0 Å². The Morgan fingerprint density at radius 2 is 1.77 bits per heavy atom. The number of rotatable bonds is 0. The van der Waals surface area contributed by atoms with Gasteiger partial charge in [0.25, 0.3) is 0 Å². The van der Waals surface area contributed by atoms with E-state index in [0.717, 1.165) is 0 Å². The predicted molar refractivity (Wildman–Crippen MR) is 60.8 cm³/mol. The van der Waals surface area contributed by atoms with Gasteiger partial charge in [-0.05, 0) is 12.8 Å². The second-order valence-corrected chi connectivity index (χ2v) is 4.21. The fraction of sp³-hybridized carbons (Fsp3) is 0.833. The van der Waals surface area contributed by atoms with Gasteiger partial charge in [-0.15, -0.1) is 0 Å². The number of allylic oxidation sites excluding steroid dienone is 1. The molecule has 0 bridgehead atoms. The van der Waals surface area contributed by atoms with Crippen LogP contribution in [0, 0.1) is 5.41 Å². The first-order valence-corrected chi connectivity index (χ1v) is 5.44. The van der Waals surface area contributed by atoms with Gasteiger partial charge in [-0.1, -0.05) is 40.7 Å². The van der Waals surface area contributed by atoms with Crippen LogP contribution in [0.2, 0.25) is 0 Å². The highest BCUT2D eigenvalue weighted by molar-refractivity contribution is 5.06. The molecule has 0 N–H and O–H groups in total. The summed E-state index contributed by atoms with van der Waals surface area (Å²) in [5.74, 6) is 0. The average molecular weight is 183 g/mol. The molecule has 0 aromatic carbocycles. The van der Waals surface area contributed by atoms with Crippen LogP contribution in [-0.4, -0.2) is 18.5 Å². The smallest absolute Gasteiger partial charge is 0.0171 e. The van der Waals surface area contributed by atoms with Crippen molar-refractivity contribution in [1.29, 1.82) is 0 Å². The molecule has 1 aliphatic rings. The highest BCUT2D eigenvalue weighted by Gasteiger charge is 2.26. The summed E-state index contributed by atoms with van der Waals surface area (Å²) in [6.45, 7) is 13.9. The summed E-state index contributed by atoms with van der Waals surface area (Å²) in [5.41, 5.74) is 1.63.